The number of hydrogen-bond donors (Lipinski definition) is 2. The summed E-state index contributed by atoms with van der Waals surface area (Å²) in [7, 11) is -3.83. The summed E-state index contributed by atoms with van der Waals surface area (Å²) in [6.07, 6.45) is 2.59. The Labute approximate surface area is 106 Å². The molecule has 1 aliphatic heterocycles. The molecule has 7 nitrogen and oxygen atoms in total. The third-order valence-corrected chi connectivity index (χ3v) is 4.30. The van der Waals surface area contributed by atoms with Crippen LogP contribution in [0.25, 0.3) is 0 Å². The predicted molar refractivity (Wildman–Crippen MR) is 66.9 cm³/mol. The van der Waals surface area contributed by atoms with Crippen molar-refractivity contribution in [2.24, 2.45) is 4.99 Å². The third kappa shape index (κ3) is 3.61. The van der Waals surface area contributed by atoms with Gasteiger partial charge >= 0.3 is 6.03 Å². The van der Waals surface area contributed by atoms with Crippen molar-refractivity contribution < 1.29 is 18.0 Å². The lowest BCUT2D eigenvalue weighted by atomic mass is 10.2. The Kier molecular flexibility index (Phi) is 4.97. The van der Waals surface area contributed by atoms with Crippen LogP contribution in [-0.2, 0) is 14.8 Å². The summed E-state index contributed by atoms with van der Waals surface area (Å²) in [6.45, 7) is 3.64. The molecule has 1 rings (SSSR count). The van der Waals surface area contributed by atoms with E-state index >= 15 is 0 Å². The molecule has 0 aliphatic carbocycles. The van der Waals surface area contributed by atoms with Crippen LogP contribution in [0.15, 0.2) is 4.99 Å². The highest BCUT2D eigenvalue weighted by molar-refractivity contribution is 7.91. The van der Waals surface area contributed by atoms with Gasteiger partial charge in [-0.05, 0) is 13.3 Å². The number of unbranched alkanes of at least 4 members (excludes halogenated alkanes) is 2. The number of hydrogen-bond acceptors (Lipinski definition) is 4. The average molecular weight is 275 g/mol. The minimum Gasteiger partial charge on any atom is -0.275 e. The highest BCUT2D eigenvalue weighted by atomic mass is 32.2. The SMILES string of the molecule is CCCCCNS(=O)(=O)C1C(=O)NC(=O)N=C1C. The summed E-state index contributed by atoms with van der Waals surface area (Å²) in [5, 5.41) is 0.463. The maximum Gasteiger partial charge on any atom is 0.347 e. The number of carbonyl (C=O) groups is 2. The molecule has 0 bridgehead atoms. The van der Waals surface area contributed by atoms with Gasteiger partial charge in [-0.3, -0.25) is 10.1 Å². The van der Waals surface area contributed by atoms with Crippen molar-refractivity contribution >= 4 is 27.7 Å². The van der Waals surface area contributed by atoms with Crippen LogP contribution in [0.2, 0.25) is 0 Å². The quantitative estimate of drug-likeness (QED) is 0.674. The fraction of sp³-hybridized carbons (Fsp3) is 0.700. The Hall–Kier alpha value is -1.28. The van der Waals surface area contributed by atoms with Crippen LogP contribution in [0.5, 0.6) is 0 Å². The maximum atomic E-state index is 11.9. The molecule has 3 amide bonds. The van der Waals surface area contributed by atoms with Crippen molar-refractivity contribution in [3.63, 3.8) is 0 Å². The first-order valence-electron chi connectivity index (χ1n) is 5.77. The topological polar surface area (TPSA) is 105 Å². The van der Waals surface area contributed by atoms with Gasteiger partial charge in [0.2, 0.25) is 10.0 Å². The van der Waals surface area contributed by atoms with Gasteiger partial charge in [0.1, 0.15) is 0 Å². The Morgan fingerprint density at radius 1 is 1.33 bits per heavy atom. The summed E-state index contributed by atoms with van der Waals surface area (Å²) in [6, 6.07) is -0.824. The van der Waals surface area contributed by atoms with Crippen LogP contribution in [0, 0.1) is 0 Å². The summed E-state index contributed by atoms with van der Waals surface area (Å²) < 4.78 is 26.2. The number of nitrogens with zero attached hydrogens (tertiary/aromatic N) is 1. The maximum absolute atomic E-state index is 11.9. The van der Waals surface area contributed by atoms with E-state index < -0.39 is 27.2 Å². The monoisotopic (exact) mass is 275 g/mol. The molecule has 2 N–H and O–H groups in total. The molecular weight excluding hydrogens is 258 g/mol. The molecule has 0 spiro atoms. The van der Waals surface area contributed by atoms with E-state index in [4.69, 9.17) is 0 Å². The number of imide groups is 1. The van der Waals surface area contributed by atoms with Gasteiger partial charge < -0.3 is 0 Å². The molecule has 0 radical (unpaired) electrons. The van der Waals surface area contributed by atoms with Crippen LogP contribution in [0.4, 0.5) is 4.79 Å². The Morgan fingerprint density at radius 2 is 2.00 bits per heavy atom. The lowest BCUT2D eigenvalue weighted by Crippen LogP contribution is -2.53. The fourth-order valence-electron chi connectivity index (χ4n) is 1.65. The summed E-state index contributed by atoms with van der Waals surface area (Å²) >= 11 is 0. The third-order valence-electron chi connectivity index (χ3n) is 2.52. The number of sulfonamides is 1. The molecule has 1 heterocycles. The van der Waals surface area contributed by atoms with E-state index in [0.717, 1.165) is 12.8 Å². The average Bonchev–Trinajstić information content (AvgIpc) is 2.22. The molecule has 18 heavy (non-hydrogen) atoms. The smallest absolute Gasteiger partial charge is 0.275 e. The Bertz CT molecular complexity index is 470. The van der Waals surface area contributed by atoms with Crippen molar-refractivity contribution in [3.05, 3.63) is 0 Å². The lowest BCUT2D eigenvalue weighted by molar-refractivity contribution is -0.118. The van der Waals surface area contributed by atoms with Gasteiger partial charge in [0.25, 0.3) is 5.91 Å². The van der Waals surface area contributed by atoms with Crippen LogP contribution in [-0.4, -0.2) is 37.9 Å². The summed E-state index contributed by atoms with van der Waals surface area (Å²) in [5.74, 6) is -0.851. The highest BCUT2D eigenvalue weighted by Crippen LogP contribution is 2.08. The first-order valence-corrected chi connectivity index (χ1v) is 7.31. The Morgan fingerprint density at radius 3 is 2.56 bits per heavy atom. The zero-order chi connectivity index (χ0) is 13.8. The number of aliphatic imine (C=N–C) groups is 1. The predicted octanol–water partition coefficient (Wildman–Crippen LogP) is 0.175. The van der Waals surface area contributed by atoms with Crippen molar-refractivity contribution in [2.75, 3.05) is 6.54 Å². The molecule has 0 aromatic rings. The first kappa shape index (κ1) is 14.8. The van der Waals surface area contributed by atoms with Crippen molar-refractivity contribution in [1.29, 1.82) is 0 Å². The molecule has 1 atom stereocenters. The number of urea groups is 1. The molecule has 0 aromatic carbocycles. The van der Waals surface area contributed by atoms with Gasteiger partial charge in [-0.2, -0.15) is 0 Å². The van der Waals surface area contributed by atoms with E-state index in [1.165, 1.54) is 6.92 Å². The molecule has 102 valence electrons. The number of rotatable bonds is 6. The van der Waals surface area contributed by atoms with E-state index in [-0.39, 0.29) is 12.3 Å². The number of carbonyl (C=O) groups excluding carboxylic acids is 2. The minimum atomic E-state index is -3.83. The second-order valence-corrected chi connectivity index (χ2v) is 5.92. The van der Waals surface area contributed by atoms with E-state index in [1.54, 1.807) is 0 Å². The van der Waals surface area contributed by atoms with Crippen molar-refractivity contribution in [2.45, 2.75) is 38.4 Å². The van der Waals surface area contributed by atoms with E-state index in [0.29, 0.717) is 6.42 Å². The number of amides is 3. The number of nitrogens with one attached hydrogen (secondary N) is 2. The zero-order valence-corrected chi connectivity index (χ0v) is 11.2. The van der Waals surface area contributed by atoms with Crippen LogP contribution < -0.4 is 10.0 Å². The summed E-state index contributed by atoms with van der Waals surface area (Å²) in [5.41, 5.74) is -0.00765. The standard InChI is InChI=1S/C10H17N3O4S/c1-3-4-5-6-11-18(16,17)8-7(2)12-10(15)13-9(8)14/h8,11H,3-6H2,1-2H3,(H,13,14,15). The van der Waals surface area contributed by atoms with E-state index in [2.05, 4.69) is 9.71 Å². The second kappa shape index (κ2) is 6.05. The van der Waals surface area contributed by atoms with Crippen molar-refractivity contribution in [1.82, 2.24) is 10.0 Å². The molecule has 8 heteroatoms. The minimum absolute atomic E-state index is 0.00765. The molecule has 1 unspecified atom stereocenters. The molecule has 0 saturated heterocycles. The van der Waals surface area contributed by atoms with Gasteiger partial charge in [0.15, 0.2) is 5.25 Å². The first-order chi connectivity index (χ1) is 8.38. The van der Waals surface area contributed by atoms with Gasteiger partial charge in [-0.15, -0.1) is 0 Å². The fourth-order valence-corrected chi connectivity index (χ4v) is 3.08. The van der Waals surface area contributed by atoms with Gasteiger partial charge in [0.05, 0.1) is 0 Å². The zero-order valence-electron chi connectivity index (χ0n) is 10.4. The van der Waals surface area contributed by atoms with Crippen LogP contribution >= 0.6 is 0 Å². The highest BCUT2D eigenvalue weighted by Gasteiger charge is 2.38. The molecule has 0 aromatic heterocycles. The lowest BCUT2D eigenvalue weighted by Gasteiger charge is -2.20. The summed E-state index contributed by atoms with van der Waals surface area (Å²) in [4.78, 5) is 25.9. The second-order valence-electron chi connectivity index (χ2n) is 4.07. The van der Waals surface area contributed by atoms with Crippen LogP contribution in [0.1, 0.15) is 33.1 Å². The van der Waals surface area contributed by atoms with Crippen molar-refractivity contribution in [3.8, 4) is 0 Å². The Balaban J connectivity index is 2.75. The van der Waals surface area contributed by atoms with Gasteiger partial charge in [-0.25, -0.2) is 22.9 Å². The van der Waals surface area contributed by atoms with Gasteiger partial charge in [0, 0.05) is 12.3 Å². The molecule has 0 fully saturated rings. The molecular formula is C10H17N3O4S. The van der Waals surface area contributed by atoms with Gasteiger partial charge in [-0.1, -0.05) is 19.8 Å². The molecule has 1 aliphatic rings. The van der Waals surface area contributed by atoms with E-state index in [9.17, 15) is 18.0 Å². The normalized spacial score (nSPS) is 20.6. The van der Waals surface area contributed by atoms with E-state index in [1.807, 2.05) is 12.2 Å². The molecule has 0 saturated carbocycles. The van der Waals surface area contributed by atoms with Crippen LogP contribution in [0.3, 0.4) is 0 Å². The largest absolute Gasteiger partial charge is 0.347 e.